The number of hydrogen-bond acceptors (Lipinski definition) is 4. The molecule has 0 saturated carbocycles. The molecule has 2 heterocycles. The van der Waals surface area contributed by atoms with Crippen molar-refractivity contribution in [2.24, 2.45) is 0 Å². The van der Waals surface area contributed by atoms with Gasteiger partial charge in [-0.15, -0.1) is 0 Å². The van der Waals surface area contributed by atoms with Gasteiger partial charge < -0.3 is 10.6 Å². The first-order valence-electron chi connectivity index (χ1n) is 9.50. The number of aryl methyl sites for hydroxylation is 1. The average Bonchev–Trinajstić information content (AvgIpc) is 2.74. The Morgan fingerprint density at radius 3 is 2.38 bits per heavy atom. The van der Waals surface area contributed by atoms with E-state index in [1.165, 1.54) is 0 Å². The van der Waals surface area contributed by atoms with Crippen LogP contribution in [-0.2, 0) is 6.54 Å². The third-order valence-electron chi connectivity index (χ3n) is 4.56. The molecule has 2 aromatic heterocycles. The number of aromatic nitrogens is 2. The Morgan fingerprint density at radius 1 is 0.966 bits per heavy atom. The summed E-state index contributed by atoms with van der Waals surface area (Å²) in [4.78, 5) is 33.5. The number of carbonyl (C=O) groups is 2. The molecule has 0 saturated heterocycles. The van der Waals surface area contributed by atoms with E-state index in [0.29, 0.717) is 6.54 Å². The summed E-state index contributed by atoms with van der Waals surface area (Å²) in [6.07, 6.45) is 3.36. The first kappa shape index (κ1) is 20.2. The van der Waals surface area contributed by atoms with E-state index in [0.717, 1.165) is 22.4 Å². The number of benzene rings is 1. The second kappa shape index (κ2) is 9.10. The number of hydrogen-bond donors (Lipinski definition) is 2. The highest BCUT2D eigenvalue weighted by molar-refractivity contribution is 6.04. The van der Waals surface area contributed by atoms with E-state index in [9.17, 15) is 9.59 Å². The molecule has 1 aromatic carbocycles. The Balaban J connectivity index is 1.74. The van der Waals surface area contributed by atoms with Crippen LogP contribution in [0.5, 0.6) is 0 Å². The fraction of sp³-hybridized carbons (Fsp3) is 0.217. The molecule has 0 atom stereocenters. The molecule has 0 spiro atoms. The minimum atomic E-state index is -0.345. The smallest absolute Gasteiger partial charge is 0.274 e. The topological polar surface area (TPSA) is 84.0 Å². The Bertz CT molecular complexity index is 1020. The van der Waals surface area contributed by atoms with E-state index in [1.54, 1.807) is 30.6 Å². The van der Waals surface area contributed by atoms with Crippen molar-refractivity contribution in [1.29, 1.82) is 0 Å². The molecule has 2 N–H and O–H groups in total. The fourth-order valence-corrected chi connectivity index (χ4v) is 2.98. The molecule has 0 bridgehead atoms. The van der Waals surface area contributed by atoms with Crippen LogP contribution in [0, 0.1) is 6.92 Å². The zero-order chi connectivity index (χ0) is 20.8. The standard InChI is InChI=1S/C23H24N4O2/c1-15(2)18-9-4-7-16(3)21(18)27-23(29)20-11-5-10-19(26-20)22(28)25-14-17-8-6-12-24-13-17/h4-13,15H,14H2,1-3H3,(H,25,28)(H,27,29). The molecule has 0 aliphatic rings. The van der Waals surface area contributed by atoms with E-state index < -0.39 is 0 Å². The third-order valence-corrected chi connectivity index (χ3v) is 4.56. The second-order valence-corrected chi connectivity index (χ2v) is 7.10. The highest BCUT2D eigenvalue weighted by Gasteiger charge is 2.16. The summed E-state index contributed by atoms with van der Waals surface area (Å²) in [6.45, 7) is 6.45. The summed E-state index contributed by atoms with van der Waals surface area (Å²) in [5.74, 6) is -0.423. The van der Waals surface area contributed by atoms with E-state index in [1.807, 2.05) is 37.3 Å². The number of nitrogens with one attached hydrogen (secondary N) is 2. The maximum Gasteiger partial charge on any atom is 0.274 e. The van der Waals surface area contributed by atoms with Gasteiger partial charge in [0, 0.05) is 24.6 Å². The number of carbonyl (C=O) groups excluding carboxylic acids is 2. The number of para-hydroxylation sites is 1. The van der Waals surface area contributed by atoms with Gasteiger partial charge in [0.1, 0.15) is 11.4 Å². The monoisotopic (exact) mass is 388 g/mol. The van der Waals surface area contributed by atoms with Gasteiger partial charge in [0.25, 0.3) is 11.8 Å². The van der Waals surface area contributed by atoms with E-state index in [4.69, 9.17) is 0 Å². The van der Waals surface area contributed by atoms with Crippen LogP contribution in [0.25, 0.3) is 0 Å². The third kappa shape index (κ3) is 5.04. The van der Waals surface area contributed by atoms with Crippen LogP contribution in [0.1, 0.15) is 57.4 Å². The van der Waals surface area contributed by atoms with Gasteiger partial charge in [0.2, 0.25) is 0 Å². The Hall–Kier alpha value is -3.54. The molecule has 29 heavy (non-hydrogen) atoms. The zero-order valence-corrected chi connectivity index (χ0v) is 16.8. The SMILES string of the molecule is Cc1cccc(C(C)C)c1NC(=O)c1cccc(C(=O)NCc2cccnc2)n1. The maximum atomic E-state index is 12.8. The van der Waals surface area contributed by atoms with Crippen molar-refractivity contribution in [2.45, 2.75) is 33.2 Å². The highest BCUT2D eigenvalue weighted by Crippen LogP contribution is 2.27. The molecular weight excluding hydrogens is 364 g/mol. The van der Waals surface area contributed by atoms with Gasteiger partial charge in [0.15, 0.2) is 0 Å². The number of pyridine rings is 2. The summed E-state index contributed by atoms with van der Waals surface area (Å²) >= 11 is 0. The maximum absolute atomic E-state index is 12.8. The van der Waals surface area contributed by atoms with Crippen LogP contribution in [0.4, 0.5) is 5.69 Å². The van der Waals surface area contributed by atoms with E-state index in [-0.39, 0.29) is 29.1 Å². The fourth-order valence-electron chi connectivity index (χ4n) is 2.98. The van der Waals surface area contributed by atoms with Crippen LogP contribution in [0.15, 0.2) is 60.9 Å². The molecule has 0 fully saturated rings. The molecule has 0 aliphatic carbocycles. The molecule has 3 rings (SSSR count). The quantitative estimate of drug-likeness (QED) is 0.666. The summed E-state index contributed by atoms with van der Waals surface area (Å²) in [5.41, 5.74) is 4.10. The lowest BCUT2D eigenvalue weighted by molar-refractivity contribution is 0.0945. The second-order valence-electron chi connectivity index (χ2n) is 7.10. The van der Waals surface area contributed by atoms with Crippen molar-refractivity contribution in [1.82, 2.24) is 15.3 Å². The van der Waals surface area contributed by atoms with Gasteiger partial charge in [-0.3, -0.25) is 14.6 Å². The Kier molecular flexibility index (Phi) is 6.34. The first-order chi connectivity index (χ1) is 14.0. The van der Waals surface area contributed by atoms with Crippen LogP contribution in [-0.4, -0.2) is 21.8 Å². The lowest BCUT2D eigenvalue weighted by Gasteiger charge is -2.16. The predicted molar refractivity (Wildman–Crippen MR) is 113 cm³/mol. The van der Waals surface area contributed by atoms with E-state index >= 15 is 0 Å². The molecule has 6 nitrogen and oxygen atoms in total. The van der Waals surface area contributed by atoms with Crippen molar-refractivity contribution in [2.75, 3.05) is 5.32 Å². The van der Waals surface area contributed by atoms with E-state index in [2.05, 4.69) is 34.4 Å². The number of amides is 2. The summed E-state index contributed by atoms with van der Waals surface area (Å²) < 4.78 is 0. The summed E-state index contributed by atoms with van der Waals surface area (Å²) in [6, 6.07) is 14.5. The van der Waals surface area contributed by atoms with Gasteiger partial charge in [-0.05, 0) is 47.7 Å². The molecule has 148 valence electrons. The lowest BCUT2D eigenvalue weighted by atomic mass is 9.98. The van der Waals surface area contributed by atoms with Gasteiger partial charge >= 0.3 is 0 Å². The molecule has 0 unspecified atom stereocenters. The van der Waals surface area contributed by atoms with Crippen LogP contribution in [0.3, 0.4) is 0 Å². The number of anilines is 1. The van der Waals surface area contributed by atoms with Crippen molar-refractivity contribution in [3.63, 3.8) is 0 Å². The first-order valence-corrected chi connectivity index (χ1v) is 9.50. The average molecular weight is 388 g/mol. The van der Waals surface area contributed by atoms with Crippen molar-refractivity contribution >= 4 is 17.5 Å². The van der Waals surface area contributed by atoms with Crippen molar-refractivity contribution in [3.8, 4) is 0 Å². The molecule has 6 heteroatoms. The van der Waals surface area contributed by atoms with Crippen molar-refractivity contribution in [3.05, 3.63) is 89.0 Å². The minimum Gasteiger partial charge on any atom is -0.347 e. The predicted octanol–water partition coefficient (Wildman–Crippen LogP) is 4.09. The summed E-state index contributed by atoms with van der Waals surface area (Å²) in [7, 11) is 0. The molecular formula is C23H24N4O2. The minimum absolute atomic E-state index is 0.190. The van der Waals surface area contributed by atoms with Gasteiger partial charge in [-0.25, -0.2) is 4.98 Å². The Labute approximate surface area is 170 Å². The normalized spacial score (nSPS) is 10.6. The van der Waals surface area contributed by atoms with Gasteiger partial charge in [-0.2, -0.15) is 0 Å². The molecule has 0 aliphatic heterocycles. The van der Waals surface area contributed by atoms with Gasteiger partial charge in [0.05, 0.1) is 0 Å². The Morgan fingerprint density at radius 2 is 1.69 bits per heavy atom. The molecule has 3 aromatic rings. The molecule has 0 radical (unpaired) electrons. The van der Waals surface area contributed by atoms with Crippen molar-refractivity contribution < 1.29 is 9.59 Å². The van der Waals surface area contributed by atoms with Crippen LogP contribution >= 0.6 is 0 Å². The number of nitrogens with zero attached hydrogens (tertiary/aromatic N) is 2. The lowest BCUT2D eigenvalue weighted by Crippen LogP contribution is -2.25. The van der Waals surface area contributed by atoms with Crippen LogP contribution in [0.2, 0.25) is 0 Å². The summed E-state index contributed by atoms with van der Waals surface area (Å²) in [5, 5.41) is 5.75. The van der Waals surface area contributed by atoms with Gasteiger partial charge in [-0.1, -0.05) is 44.2 Å². The molecule has 2 amide bonds. The highest BCUT2D eigenvalue weighted by atomic mass is 16.2. The zero-order valence-electron chi connectivity index (χ0n) is 16.8. The number of rotatable bonds is 6. The van der Waals surface area contributed by atoms with Crippen LogP contribution < -0.4 is 10.6 Å². The largest absolute Gasteiger partial charge is 0.347 e.